The van der Waals surface area contributed by atoms with Crippen LogP contribution in [0.2, 0.25) is 0 Å². The molecule has 0 radical (unpaired) electrons. The van der Waals surface area contributed by atoms with Gasteiger partial charge in [0, 0.05) is 30.9 Å². The number of hydrogen-bond acceptors (Lipinski definition) is 3. The Kier molecular flexibility index (Phi) is 3.14. The molecule has 1 aliphatic rings. The Bertz CT molecular complexity index is 792. The molecule has 3 heterocycles. The first kappa shape index (κ1) is 13.1. The second-order valence-corrected chi connectivity index (χ2v) is 5.67. The SMILES string of the molecule is O=C(c1n[nH]c2ccccc12)N1CCC[C@@H](n2ccnc2)C1. The van der Waals surface area contributed by atoms with Gasteiger partial charge in [-0.25, -0.2) is 4.98 Å². The molecule has 1 aromatic carbocycles. The maximum absolute atomic E-state index is 12.8. The van der Waals surface area contributed by atoms with Crippen LogP contribution in [-0.2, 0) is 0 Å². The summed E-state index contributed by atoms with van der Waals surface area (Å²) in [5.74, 6) is 0.00210. The van der Waals surface area contributed by atoms with Crippen LogP contribution >= 0.6 is 0 Å². The predicted molar refractivity (Wildman–Crippen MR) is 82.5 cm³/mol. The Hall–Kier alpha value is -2.63. The zero-order valence-electron chi connectivity index (χ0n) is 12.1. The number of hydrogen-bond donors (Lipinski definition) is 1. The molecule has 6 heteroatoms. The van der Waals surface area contributed by atoms with Gasteiger partial charge >= 0.3 is 0 Å². The van der Waals surface area contributed by atoms with Crippen molar-refractivity contribution in [3.8, 4) is 0 Å². The molecule has 1 fully saturated rings. The standard InChI is InChI=1S/C16H17N5O/c22-16(15-13-5-1-2-6-14(13)18-19-15)20-8-3-4-12(10-20)21-9-7-17-11-21/h1-2,5-7,9,11-12H,3-4,8,10H2,(H,18,19)/t12-/m1/s1. The van der Waals surface area contributed by atoms with Crippen LogP contribution in [0.1, 0.15) is 29.4 Å². The molecule has 1 atom stereocenters. The summed E-state index contributed by atoms with van der Waals surface area (Å²) in [4.78, 5) is 18.8. The van der Waals surface area contributed by atoms with E-state index in [4.69, 9.17) is 0 Å². The second-order valence-electron chi connectivity index (χ2n) is 5.67. The fourth-order valence-electron chi connectivity index (χ4n) is 3.14. The van der Waals surface area contributed by atoms with E-state index < -0.39 is 0 Å². The molecule has 6 nitrogen and oxygen atoms in total. The first-order valence-corrected chi connectivity index (χ1v) is 7.53. The monoisotopic (exact) mass is 295 g/mol. The number of aromatic nitrogens is 4. The predicted octanol–water partition coefficient (Wildman–Crippen LogP) is 2.24. The van der Waals surface area contributed by atoms with E-state index in [0.29, 0.717) is 18.3 Å². The number of aromatic amines is 1. The maximum atomic E-state index is 12.8. The molecule has 2 aromatic heterocycles. The second kappa shape index (κ2) is 5.29. The summed E-state index contributed by atoms with van der Waals surface area (Å²) in [6.07, 6.45) is 7.63. The molecule has 112 valence electrons. The number of H-pyrrole nitrogens is 1. The van der Waals surface area contributed by atoms with E-state index in [2.05, 4.69) is 19.7 Å². The maximum Gasteiger partial charge on any atom is 0.275 e. The van der Waals surface area contributed by atoms with Crippen LogP contribution in [0, 0.1) is 0 Å². The van der Waals surface area contributed by atoms with Crippen molar-refractivity contribution in [2.75, 3.05) is 13.1 Å². The zero-order chi connectivity index (χ0) is 14.9. The molecule has 3 aromatic rings. The van der Waals surface area contributed by atoms with Gasteiger partial charge in [-0.1, -0.05) is 18.2 Å². The van der Waals surface area contributed by atoms with Crippen LogP contribution in [-0.4, -0.2) is 43.6 Å². The summed E-state index contributed by atoms with van der Waals surface area (Å²) in [5, 5.41) is 8.04. The first-order chi connectivity index (χ1) is 10.8. The number of amides is 1. The molecule has 1 amide bonds. The highest BCUT2D eigenvalue weighted by Crippen LogP contribution is 2.24. The van der Waals surface area contributed by atoms with Crippen LogP contribution < -0.4 is 0 Å². The minimum Gasteiger partial charge on any atom is -0.335 e. The average Bonchev–Trinajstić information content (AvgIpc) is 3.24. The van der Waals surface area contributed by atoms with Gasteiger partial charge in [-0.15, -0.1) is 0 Å². The third kappa shape index (κ3) is 2.16. The van der Waals surface area contributed by atoms with Crippen molar-refractivity contribution in [2.24, 2.45) is 0 Å². The molecular formula is C16H17N5O. The number of carbonyl (C=O) groups excluding carboxylic acids is 1. The van der Waals surface area contributed by atoms with Crippen LogP contribution in [0.25, 0.3) is 10.9 Å². The van der Waals surface area contributed by atoms with Crippen molar-refractivity contribution < 1.29 is 4.79 Å². The highest BCUT2D eigenvalue weighted by molar-refractivity contribution is 6.04. The number of fused-ring (bicyclic) bond motifs is 1. The summed E-state index contributed by atoms with van der Waals surface area (Å²) in [7, 11) is 0. The third-order valence-corrected chi connectivity index (χ3v) is 4.30. The quantitative estimate of drug-likeness (QED) is 0.788. The lowest BCUT2D eigenvalue weighted by Crippen LogP contribution is -2.40. The van der Waals surface area contributed by atoms with Crippen molar-refractivity contribution in [1.82, 2.24) is 24.6 Å². The topological polar surface area (TPSA) is 66.8 Å². The van der Waals surface area contributed by atoms with Crippen molar-refractivity contribution in [3.63, 3.8) is 0 Å². The summed E-state index contributed by atoms with van der Waals surface area (Å²) in [6.45, 7) is 1.49. The average molecular weight is 295 g/mol. The minimum absolute atomic E-state index is 0.00210. The lowest BCUT2D eigenvalue weighted by molar-refractivity contribution is 0.0675. The van der Waals surface area contributed by atoms with Crippen molar-refractivity contribution in [1.29, 1.82) is 0 Å². The summed E-state index contributed by atoms with van der Waals surface area (Å²) in [6, 6.07) is 8.03. The third-order valence-electron chi connectivity index (χ3n) is 4.30. The van der Waals surface area contributed by atoms with E-state index in [-0.39, 0.29) is 5.91 Å². The molecule has 0 aliphatic carbocycles. The molecular weight excluding hydrogens is 278 g/mol. The van der Waals surface area contributed by atoms with Crippen molar-refractivity contribution >= 4 is 16.8 Å². The van der Waals surface area contributed by atoms with Crippen molar-refractivity contribution in [3.05, 3.63) is 48.7 Å². The molecule has 0 saturated carbocycles. The highest BCUT2D eigenvalue weighted by Gasteiger charge is 2.27. The van der Waals surface area contributed by atoms with Crippen LogP contribution in [0.5, 0.6) is 0 Å². The van der Waals surface area contributed by atoms with E-state index in [9.17, 15) is 4.79 Å². The van der Waals surface area contributed by atoms with Gasteiger partial charge in [-0.3, -0.25) is 9.89 Å². The molecule has 0 unspecified atom stereocenters. The number of benzene rings is 1. The normalized spacial score (nSPS) is 18.7. The zero-order valence-corrected chi connectivity index (χ0v) is 12.1. The smallest absolute Gasteiger partial charge is 0.275 e. The number of imidazole rings is 1. The fraction of sp³-hybridized carbons (Fsp3) is 0.312. The minimum atomic E-state index is 0.00210. The Labute approximate surface area is 127 Å². The number of nitrogens with one attached hydrogen (secondary N) is 1. The Balaban J connectivity index is 1.60. The van der Waals surface area contributed by atoms with E-state index >= 15 is 0 Å². The molecule has 1 aliphatic heterocycles. The molecule has 1 saturated heterocycles. The van der Waals surface area contributed by atoms with Crippen LogP contribution in [0.4, 0.5) is 0 Å². The largest absolute Gasteiger partial charge is 0.335 e. The van der Waals surface area contributed by atoms with Crippen LogP contribution in [0.15, 0.2) is 43.0 Å². The molecule has 22 heavy (non-hydrogen) atoms. The summed E-state index contributed by atoms with van der Waals surface area (Å²) in [5.41, 5.74) is 1.41. The van der Waals surface area contributed by atoms with Gasteiger partial charge in [0.25, 0.3) is 5.91 Å². The number of rotatable bonds is 2. The number of carbonyl (C=O) groups is 1. The van der Waals surface area contributed by atoms with E-state index in [0.717, 1.165) is 30.3 Å². The van der Waals surface area contributed by atoms with Gasteiger partial charge in [0.2, 0.25) is 0 Å². The van der Waals surface area contributed by atoms with Gasteiger partial charge in [-0.2, -0.15) is 5.10 Å². The highest BCUT2D eigenvalue weighted by atomic mass is 16.2. The van der Waals surface area contributed by atoms with Gasteiger partial charge in [0.15, 0.2) is 5.69 Å². The number of para-hydroxylation sites is 1. The molecule has 4 rings (SSSR count). The first-order valence-electron chi connectivity index (χ1n) is 7.53. The summed E-state index contributed by atoms with van der Waals surface area (Å²) >= 11 is 0. The van der Waals surface area contributed by atoms with Crippen LogP contribution in [0.3, 0.4) is 0 Å². The Morgan fingerprint density at radius 3 is 3.09 bits per heavy atom. The molecule has 0 spiro atoms. The molecule has 0 bridgehead atoms. The number of likely N-dealkylation sites (tertiary alicyclic amines) is 1. The van der Waals surface area contributed by atoms with Gasteiger partial charge in [-0.05, 0) is 18.9 Å². The Morgan fingerprint density at radius 2 is 2.23 bits per heavy atom. The van der Waals surface area contributed by atoms with Gasteiger partial charge in [0.1, 0.15) is 0 Å². The van der Waals surface area contributed by atoms with E-state index in [1.54, 1.807) is 6.20 Å². The van der Waals surface area contributed by atoms with Gasteiger partial charge < -0.3 is 9.47 Å². The van der Waals surface area contributed by atoms with Crippen molar-refractivity contribution in [2.45, 2.75) is 18.9 Å². The lowest BCUT2D eigenvalue weighted by atomic mass is 10.0. The van der Waals surface area contributed by atoms with Gasteiger partial charge in [0.05, 0.1) is 17.9 Å². The lowest BCUT2D eigenvalue weighted by Gasteiger charge is -2.33. The molecule has 1 N–H and O–H groups in total. The van der Waals surface area contributed by atoms with E-state index in [1.165, 1.54) is 0 Å². The fourth-order valence-corrected chi connectivity index (χ4v) is 3.14. The number of nitrogens with zero attached hydrogens (tertiary/aromatic N) is 4. The van der Waals surface area contributed by atoms with E-state index in [1.807, 2.05) is 41.7 Å². The summed E-state index contributed by atoms with van der Waals surface area (Å²) < 4.78 is 2.09. The Morgan fingerprint density at radius 1 is 1.32 bits per heavy atom. The number of piperidine rings is 1.